The largest absolute Gasteiger partial charge is 0.309 e. The van der Waals surface area contributed by atoms with Crippen LogP contribution in [0.2, 0.25) is 0 Å². The molecule has 3 nitrogen and oxygen atoms in total. The highest BCUT2D eigenvalue weighted by atomic mass is 32.2. The Kier molecular flexibility index (Phi) is 6.41. The third kappa shape index (κ3) is 3.88. The van der Waals surface area contributed by atoms with Gasteiger partial charge in [-0.3, -0.25) is 9.98 Å². The summed E-state index contributed by atoms with van der Waals surface area (Å²) < 4.78 is 2.48. The van der Waals surface area contributed by atoms with Crippen LogP contribution in [0.15, 0.2) is 165 Å². The second-order valence-electron chi connectivity index (χ2n) is 12.0. The Morgan fingerprint density at radius 2 is 1.38 bits per heavy atom. The topological polar surface area (TPSA) is 29.6 Å². The number of aliphatic imine (C=N–C) groups is 2. The van der Waals surface area contributed by atoms with E-state index in [0.717, 1.165) is 22.5 Å². The lowest BCUT2D eigenvalue weighted by Gasteiger charge is -2.45. The fourth-order valence-corrected chi connectivity index (χ4v) is 9.20. The van der Waals surface area contributed by atoms with E-state index in [1.165, 1.54) is 59.5 Å². The summed E-state index contributed by atoms with van der Waals surface area (Å²) in [5, 5.41) is 2.55. The van der Waals surface area contributed by atoms with Crippen molar-refractivity contribution >= 4 is 51.7 Å². The van der Waals surface area contributed by atoms with Crippen molar-refractivity contribution in [3.8, 4) is 5.69 Å². The molecule has 7 aromatic rings. The minimum absolute atomic E-state index is 0.542. The van der Waals surface area contributed by atoms with E-state index in [9.17, 15) is 0 Å². The quantitative estimate of drug-likeness (QED) is 0.176. The smallest absolute Gasteiger partial charge is 0.0764 e. The Morgan fingerprint density at radius 1 is 0.702 bits per heavy atom. The van der Waals surface area contributed by atoms with Crippen LogP contribution < -0.4 is 0 Å². The summed E-state index contributed by atoms with van der Waals surface area (Å²) in [5.41, 5.74) is 12.2. The van der Waals surface area contributed by atoms with Gasteiger partial charge >= 0.3 is 0 Å². The van der Waals surface area contributed by atoms with Crippen LogP contribution in [0.1, 0.15) is 40.3 Å². The predicted octanol–water partition coefficient (Wildman–Crippen LogP) is 10.5. The van der Waals surface area contributed by atoms with Crippen LogP contribution in [-0.4, -0.2) is 23.5 Å². The zero-order valence-electron chi connectivity index (χ0n) is 26.0. The van der Waals surface area contributed by atoms with E-state index in [1.54, 1.807) is 0 Å². The zero-order chi connectivity index (χ0) is 31.5. The van der Waals surface area contributed by atoms with E-state index in [4.69, 9.17) is 4.99 Å². The molecule has 0 radical (unpaired) electrons. The summed E-state index contributed by atoms with van der Waals surface area (Å²) >= 11 is 1.83. The first-order valence-electron chi connectivity index (χ1n) is 16.1. The molecular weight excluding hydrogens is 591 g/mol. The first kappa shape index (κ1) is 27.8. The van der Waals surface area contributed by atoms with Crippen molar-refractivity contribution < 1.29 is 0 Å². The maximum Gasteiger partial charge on any atom is 0.0764 e. The molecule has 0 fully saturated rings. The van der Waals surface area contributed by atoms with Gasteiger partial charge in [-0.2, -0.15) is 0 Å². The van der Waals surface area contributed by atoms with Gasteiger partial charge < -0.3 is 4.57 Å². The van der Waals surface area contributed by atoms with Gasteiger partial charge in [0.25, 0.3) is 0 Å². The molecule has 0 saturated carbocycles. The van der Waals surface area contributed by atoms with Gasteiger partial charge in [0, 0.05) is 32.7 Å². The molecule has 0 saturated heterocycles. The van der Waals surface area contributed by atoms with Crippen LogP contribution >= 0.6 is 11.8 Å². The molecule has 3 heterocycles. The number of para-hydroxylation sites is 3. The molecular formula is C43H31N3S. The van der Waals surface area contributed by atoms with Crippen molar-refractivity contribution in [2.75, 3.05) is 6.54 Å². The minimum Gasteiger partial charge on any atom is -0.309 e. The molecule has 224 valence electrons. The van der Waals surface area contributed by atoms with Crippen LogP contribution in [-0.2, 0) is 5.41 Å². The molecule has 0 bridgehead atoms. The van der Waals surface area contributed by atoms with Crippen molar-refractivity contribution in [3.05, 3.63) is 179 Å². The van der Waals surface area contributed by atoms with E-state index < -0.39 is 5.41 Å². The van der Waals surface area contributed by atoms with Gasteiger partial charge in [0.05, 0.1) is 33.5 Å². The normalized spacial score (nSPS) is 16.6. The van der Waals surface area contributed by atoms with Crippen molar-refractivity contribution in [1.82, 2.24) is 4.57 Å². The summed E-state index contributed by atoms with van der Waals surface area (Å²) in [7, 11) is 0. The van der Waals surface area contributed by atoms with E-state index in [2.05, 4.69) is 163 Å². The van der Waals surface area contributed by atoms with Crippen LogP contribution in [0.3, 0.4) is 0 Å². The fraction of sp³-hybridized carbons (Fsp3) is 0.0698. The highest BCUT2D eigenvalue weighted by Gasteiger charge is 2.49. The number of rotatable bonds is 5. The van der Waals surface area contributed by atoms with E-state index in [-0.39, 0.29) is 0 Å². The molecule has 1 spiro atoms. The first-order valence-corrected chi connectivity index (χ1v) is 16.9. The van der Waals surface area contributed by atoms with Crippen LogP contribution in [0.5, 0.6) is 0 Å². The van der Waals surface area contributed by atoms with Crippen molar-refractivity contribution in [2.24, 2.45) is 9.98 Å². The average Bonchev–Trinajstić information content (AvgIpc) is 3.47. The number of fused-ring (bicyclic) bond motifs is 11. The van der Waals surface area contributed by atoms with Crippen LogP contribution in [0.4, 0.5) is 0 Å². The number of nitrogens with zero attached hydrogens (tertiary/aromatic N) is 3. The maximum atomic E-state index is 4.88. The van der Waals surface area contributed by atoms with E-state index in [1.807, 2.05) is 17.8 Å². The molecule has 1 unspecified atom stereocenters. The molecule has 6 aromatic carbocycles. The van der Waals surface area contributed by atoms with Gasteiger partial charge in [-0.25, -0.2) is 0 Å². The van der Waals surface area contributed by atoms with Gasteiger partial charge in [-0.15, -0.1) is 0 Å². The highest BCUT2D eigenvalue weighted by molar-refractivity contribution is 7.99. The molecule has 2 aliphatic heterocycles. The molecule has 1 atom stereocenters. The Labute approximate surface area is 278 Å². The van der Waals surface area contributed by atoms with Gasteiger partial charge in [0.15, 0.2) is 0 Å². The monoisotopic (exact) mass is 621 g/mol. The number of benzene rings is 6. The third-order valence-electron chi connectivity index (χ3n) is 9.69. The summed E-state index contributed by atoms with van der Waals surface area (Å²) in [6, 6.07) is 50.6. The fourth-order valence-electron chi connectivity index (χ4n) is 7.88. The van der Waals surface area contributed by atoms with Gasteiger partial charge in [0.1, 0.15) is 0 Å². The van der Waals surface area contributed by atoms with Gasteiger partial charge in [-0.05, 0) is 65.7 Å². The summed E-state index contributed by atoms with van der Waals surface area (Å²) in [4.78, 5) is 12.0. The van der Waals surface area contributed by atoms with E-state index >= 15 is 0 Å². The third-order valence-corrected chi connectivity index (χ3v) is 10.9. The maximum absolute atomic E-state index is 4.88. The standard InChI is InChI=1S/C43H31N3S/c1-3-45-36(28-15-5-4-6-16-28)27-37(44-2)31-19-14-23-35-42(31)47-40-26-12-9-21-33(40)43(35)32-20-8-11-25-39(32)46-38-24-10-7-17-29(38)30-18-13-22-34(43)41(30)46/h4-27H,2-3H2,1H3/b37-27-,45-36?. The molecule has 2 aliphatic rings. The first-order chi connectivity index (χ1) is 23.3. The molecule has 47 heavy (non-hydrogen) atoms. The Balaban J connectivity index is 1.40. The van der Waals surface area contributed by atoms with Gasteiger partial charge in [0.2, 0.25) is 0 Å². The number of aromatic nitrogens is 1. The van der Waals surface area contributed by atoms with Crippen molar-refractivity contribution in [3.63, 3.8) is 0 Å². The summed E-state index contributed by atoms with van der Waals surface area (Å²) in [6.07, 6.45) is 2.10. The van der Waals surface area contributed by atoms with E-state index in [0.29, 0.717) is 6.54 Å². The second kappa shape index (κ2) is 10.8. The summed E-state index contributed by atoms with van der Waals surface area (Å²) in [5.74, 6) is 0. The molecule has 1 aromatic heterocycles. The Bertz CT molecular complexity index is 2450. The van der Waals surface area contributed by atoms with Crippen molar-refractivity contribution in [2.45, 2.75) is 22.1 Å². The number of hydrogen-bond acceptors (Lipinski definition) is 3. The molecule has 0 N–H and O–H groups in total. The predicted molar refractivity (Wildman–Crippen MR) is 198 cm³/mol. The SMILES string of the molecule is C=N/C(=C\C(=NCC)c1ccccc1)c1cccc2c1Sc1ccccc1C21c2ccccc2-n2c3ccccc3c3cccc1c32. The molecule has 4 heteroatoms. The lowest BCUT2D eigenvalue weighted by atomic mass is 9.62. The lowest BCUT2D eigenvalue weighted by Crippen LogP contribution is -2.38. The number of allylic oxidation sites excluding steroid dienone is 1. The Morgan fingerprint density at radius 3 is 2.23 bits per heavy atom. The molecule has 9 rings (SSSR count). The average molecular weight is 622 g/mol. The van der Waals surface area contributed by atoms with Crippen LogP contribution in [0, 0.1) is 0 Å². The number of hydrogen-bond donors (Lipinski definition) is 0. The second-order valence-corrected chi connectivity index (χ2v) is 13.1. The zero-order valence-corrected chi connectivity index (χ0v) is 26.8. The van der Waals surface area contributed by atoms with Crippen molar-refractivity contribution in [1.29, 1.82) is 0 Å². The van der Waals surface area contributed by atoms with Crippen LogP contribution in [0.25, 0.3) is 33.2 Å². The molecule has 0 aliphatic carbocycles. The highest BCUT2D eigenvalue weighted by Crippen LogP contribution is 2.61. The molecule has 0 amide bonds. The lowest BCUT2D eigenvalue weighted by molar-refractivity contribution is 0.688. The Hall–Kier alpha value is -5.45. The summed E-state index contributed by atoms with van der Waals surface area (Å²) in [6.45, 7) is 6.82. The van der Waals surface area contributed by atoms with Gasteiger partial charge in [-0.1, -0.05) is 133 Å². The minimum atomic E-state index is -0.542.